The van der Waals surface area contributed by atoms with Crippen LogP contribution in [0, 0.1) is 5.92 Å². The number of pyridine rings is 1. The van der Waals surface area contributed by atoms with E-state index in [0.717, 1.165) is 12.4 Å². The number of carbonyl (C=O) groups is 1. The molecule has 2 rings (SSSR count). The van der Waals surface area contributed by atoms with Gasteiger partial charge in [0.1, 0.15) is 5.82 Å². The summed E-state index contributed by atoms with van der Waals surface area (Å²) in [6, 6.07) is 3.83. The SMILES string of the molecule is CCNc1cc(C(=O)NC(C)C2CCCCC2)ccn1. The maximum atomic E-state index is 12.3. The lowest BCUT2D eigenvalue weighted by Crippen LogP contribution is -2.38. The minimum atomic E-state index is 0.00428. The third-order valence-corrected chi connectivity index (χ3v) is 4.10. The summed E-state index contributed by atoms with van der Waals surface area (Å²) in [5.41, 5.74) is 0.679. The smallest absolute Gasteiger partial charge is 0.251 e. The van der Waals surface area contributed by atoms with Crippen LogP contribution in [0.15, 0.2) is 18.3 Å². The van der Waals surface area contributed by atoms with E-state index in [1.807, 2.05) is 13.0 Å². The van der Waals surface area contributed by atoms with Crippen molar-refractivity contribution in [2.24, 2.45) is 5.92 Å². The maximum absolute atomic E-state index is 12.3. The topological polar surface area (TPSA) is 54.0 Å². The molecule has 4 heteroatoms. The number of amides is 1. The van der Waals surface area contributed by atoms with Gasteiger partial charge >= 0.3 is 0 Å². The lowest BCUT2D eigenvalue weighted by molar-refractivity contribution is 0.0919. The van der Waals surface area contributed by atoms with Gasteiger partial charge in [0.2, 0.25) is 0 Å². The minimum absolute atomic E-state index is 0.00428. The van der Waals surface area contributed by atoms with Gasteiger partial charge in [-0.1, -0.05) is 19.3 Å². The lowest BCUT2D eigenvalue weighted by Gasteiger charge is -2.28. The fourth-order valence-corrected chi connectivity index (χ4v) is 2.89. The Morgan fingerprint density at radius 1 is 1.40 bits per heavy atom. The minimum Gasteiger partial charge on any atom is -0.370 e. The molecular weight excluding hydrogens is 250 g/mol. The van der Waals surface area contributed by atoms with Gasteiger partial charge in [-0.15, -0.1) is 0 Å². The largest absolute Gasteiger partial charge is 0.370 e. The molecule has 1 fully saturated rings. The molecule has 2 N–H and O–H groups in total. The Kier molecular flexibility index (Phi) is 5.39. The van der Waals surface area contributed by atoms with Crippen LogP contribution in [0.1, 0.15) is 56.3 Å². The highest BCUT2D eigenvalue weighted by Gasteiger charge is 2.21. The van der Waals surface area contributed by atoms with Crippen LogP contribution < -0.4 is 10.6 Å². The van der Waals surface area contributed by atoms with E-state index in [2.05, 4.69) is 22.5 Å². The third-order valence-electron chi connectivity index (χ3n) is 4.10. The van der Waals surface area contributed by atoms with Crippen LogP contribution in [0.25, 0.3) is 0 Å². The summed E-state index contributed by atoms with van der Waals surface area (Å²) in [6.07, 6.45) is 8.09. The van der Waals surface area contributed by atoms with Crippen molar-refractivity contribution in [3.63, 3.8) is 0 Å². The zero-order valence-corrected chi connectivity index (χ0v) is 12.5. The van der Waals surface area contributed by atoms with E-state index in [1.165, 1.54) is 32.1 Å². The molecule has 110 valence electrons. The van der Waals surface area contributed by atoms with Crippen molar-refractivity contribution in [2.45, 2.75) is 52.0 Å². The fourth-order valence-electron chi connectivity index (χ4n) is 2.89. The molecule has 1 aromatic rings. The Balaban J connectivity index is 1.94. The molecule has 0 bridgehead atoms. The van der Waals surface area contributed by atoms with Gasteiger partial charge in [-0.3, -0.25) is 4.79 Å². The Labute approximate surface area is 121 Å². The summed E-state index contributed by atoms with van der Waals surface area (Å²) >= 11 is 0. The molecule has 4 nitrogen and oxygen atoms in total. The highest BCUT2D eigenvalue weighted by atomic mass is 16.1. The third kappa shape index (κ3) is 3.95. The number of hydrogen-bond acceptors (Lipinski definition) is 3. The van der Waals surface area contributed by atoms with Crippen LogP contribution >= 0.6 is 0 Å². The van der Waals surface area contributed by atoms with Crippen molar-refractivity contribution < 1.29 is 4.79 Å². The molecule has 0 saturated heterocycles. The molecule has 0 spiro atoms. The number of anilines is 1. The predicted molar refractivity (Wildman–Crippen MR) is 81.9 cm³/mol. The Morgan fingerprint density at radius 2 is 2.15 bits per heavy atom. The van der Waals surface area contributed by atoms with E-state index in [1.54, 1.807) is 12.3 Å². The number of hydrogen-bond donors (Lipinski definition) is 2. The first-order valence-electron chi connectivity index (χ1n) is 7.71. The summed E-state index contributed by atoms with van der Waals surface area (Å²) in [7, 11) is 0. The summed E-state index contributed by atoms with van der Waals surface area (Å²) < 4.78 is 0. The van der Waals surface area contributed by atoms with Gasteiger partial charge in [0.05, 0.1) is 0 Å². The monoisotopic (exact) mass is 275 g/mol. The summed E-state index contributed by atoms with van der Waals surface area (Å²) in [5.74, 6) is 1.39. The van der Waals surface area contributed by atoms with Crippen LogP contribution in [-0.4, -0.2) is 23.5 Å². The van der Waals surface area contributed by atoms with Crippen molar-refractivity contribution in [1.82, 2.24) is 10.3 Å². The standard InChI is InChI=1S/C16H25N3O/c1-3-17-15-11-14(9-10-18-15)16(20)19-12(2)13-7-5-4-6-8-13/h9-13H,3-8H2,1-2H3,(H,17,18)(H,19,20). The van der Waals surface area contributed by atoms with Gasteiger partial charge in [0.15, 0.2) is 0 Å². The molecule has 1 amide bonds. The van der Waals surface area contributed by atoms with Crippen molar-refractivity contribution in [3.05, 3.63) is 23.9 Å². The van der Waals surface area contributed by atoms with Gasteiger partial charge in [-0.2, -0.15) is 0 Å². The summed E-state index contributed by atoms with van der Waals surface area (Å²) in [6.45, 7) is 4.94. The van der Waals surface area contributed by atoms with Gasteiger partial charge in [-0.05, 0) is 44.7 Å². The van der Waals surface area contributed by atoms with Gasteiger partial charge in [0, 0.05) is 24.3 Å². The van der Waals surface area contributed by atoms with E-state index in [0.29, 0.717) is 11.5 Å². The van der Waals surface area contributed by atoms with Gasteiger partial charge in [-0.25, -0.2) is 4.98 Å². The van der Waals surface area contributed by atoms with Crippen LogP contribution in [0.2, 0.25) is 0 Å². The number of nitrogens with one attached hydrogen (secondary N) is 2. The molecule has 1 heterocycles. The zero-order valence-electron chi connectivity index (χ0n) is 12.5. The Bertz CT molecular complexity index is 441. The number of rotatable bonds is 5. The van der Waals surface area contributed by atoms with Gasteiger partial charge < -0.3 is 10.6 Å². The molecule has 1 aromatic heterocycles. The second-order valence-electron chi connectivity index (χ2n) is 5.62. The molecule has 0 radical (unpaired) electrons. The molecule has 0 aliphatic heterocycles. The van der Waals surface area contributed by atoms with Crippen LogP contribution in [0.5, 0.6) is 0 Å². The molecule has 1 unspecified atom stereocenters. The molecule has 1 aliphatic carbocycles. The Morgan fingerprint density at radius 3 is 2.85 bits per heavy atom. The van der Waals surface area contributed by atoms with Crippen molar-refractivity contribution >= 4 is 11.7 Å². The predicted octanol–water partition coefficient (Wildman–Crippen LogP) is 3.21. The highest BCUT2D eigenvalue weighted by Crippen LogP contribution is 2.26. The van der Waals surface area contributed by atoms with Crippen LogP contribution in [-0.2, 0) is 0 Å². The number of carbonyl (C=O) groups excluding carboxylic acids is 1. The molecule has 1 saturated carbocycles. The summed E-state index contributed by atoms with van der Waals surface area (Å²) in [4.78, 5) is 16.5. The van der Waals surface area contributed by atoms with Crippen molar-refractivity contribution in [2.75, 3.05) is 11.9 Å². The number of aromatic nitrogens is 1. The molecule has 1 aliphatic rings. The molecule has 0 aromatic carbocycles. The summed E-state index contributed by atoms with van der Waals surface area (Å²) in [5, 5.41) is 6.27. The Hall–Kier alpha value is -1.58. The normalized spacial score (nSPS) is 17.5. The second-order valence-corrected chi connectivity index (χ2v) is 5.62. The maximum Gasteiger partial charge on any atom is 0.251 e. The average Bonchev–Trinajstić information content (AvgIpc) is 2.48. The van der Waals surface area contributed by atoms with E-state index < -0.39 is 0 Å². The lowest BCUT2D eigenvalue weighted by atomic mass is 9.84. The molecular formula is C16H25N3O. The fraction of sp³-hybridized carbons (Fsp3) is 0.625. The van der Waals surface area contributed by atoms with Crippen molar-refractivity contribution in [1.29, 1.82) is 0 Å². The van der Waals surface area contributed by atoms with E-state index in [4.69, 9.17) is 0 Å². The molecule has 1 atom stereocenters. The zero-order chi connectivity index (χ0) is 14.4. The highest BCUT2D eigenvalue weighted by molar-refractivity contribution is 5.94. The van der Waals surface area contributed by atoms with E-state index in [-0.39, 0.29) is 11.9 Å². The van der Waals surface area contributed by atoms with Crippen LogP contribution in [0.3, 0.4) is 0 Å². The van der Waals surface area contributed by atoms with E-state index >= 15 is 0 Å². The first-order valence-corrected chi connectivity index (χ1v) is 7.71. The number of nitrogens with zero attached hydrogens (tertiary/aromatic N) is 1. The van der Waals surface area contributed by atoms with Crippen molar-refractivity contribution in [3.8, 4) is 0 Å². The average molecular weight is 275 g/mol. The van der Waals surface area contributed by atoms with E-state index in [9.17, 15) is 4.79 Å². The first-order chi connectivity index (χ1) is 9.70. The first kappa shape index (κ1) is 14.8. The molecule has 20 heavy (non-hydrogen) atoms. The second kappa shape index (κ2) is 7.27. The van der Waals surface area contributed by atoms with Gasteiger partial charge in [0.25, 0.3) is 5.91 Å². The van der Waals surface area contributed by atoms with Crippen LogP contribution in [0.4, 0.5) is 5.82 Å². The quantitative estimate of drug-likeness (QED) is 0.867.